The molecular formula is C10H17ClN2OS. The highest BCUT2D eigenvalue weighted by molar-refractivity contribution is 7.09. The number of thiazole rings is 1. The average Bonchev–Trinajstić information content (AvgIpc) is 2.63. The van der Waals surface area contributed by atoms with Crippen molar-refractivity contribution in [3.63, 3.8) is 0 Å². The van der Waals surface area contributed by atoms with Crippen molar-refractivity contribution in [3.05, 3.63) is 16.1 Å². The second kappa shape index (κ2) is 8.05. The van der Waals surface area contributed by atoms with E-state index < -0.39 is 0 Å². The summed E-state index contributed by atoms with van der Waals surface area (Å²) in [5.74, 6) is 0.575. The molecule has 15 heavy (non-hydrogen) atoms. The summed E-state index contributed by atoms with van der Waals surface area (Å²) in [6.45, 7) is 5.25. The Balaban J connectivity index is 1.93. The number of alkyl halides is 1. The van der Waals surface area contributed by atoms with Gasteiger partial charge in [-0.15, -0.1) is 22.9 Å². The summed E-state index contributed by atoms with van der Waals surface area (Å²) in [6.07, 6.45) is 1.01. The minimum absolute atomic E-state index is 0.575. The van der Waals surface area contributed by atoms with Crippen molar-refractivity contribution >= 4 is 22.9 Å². The van der Waals surface area contributed by atoms with Gasteiger partial charge in [0.1, 0.15) is 0 Å². The van der Waals surface area contributed by atoms with Crippen molar-refractivity contribution in [2.24, 2.45) is 0 Å². The molecule has 0 aliphatic rings. The van der Waals surface area contributed by atoms with Crippen LogP contribution in [0.2, 0.25) is 0 Å². The first kappa shape index (κ1) is 12.9. The van der Waals surface area contributed by atoms with Gasteiger partial charge in [0.25, 0.3) is 0 Å². The molecule has 1 rings (SSSR count). The molecule has 1 aromatic rings. The van der Waals surface area contributed by atoms with Crippen LogP contribution in [0.3, 0.4) is 0 Å². The number of rotatable bonds is 8. The molecule has 3 nitrogen and oxygen atoms in total. The predicted molar refractivity (Wildman–Crippen MR) is 64.7 cm³/mol. The number of aryl methyl sites for hydroxylation is 1. The molecule has 0 unspecified atom stereocenters. The van der Waals surface area contributed by atoms with Crippen molar-refractivity contribution in [1.29, 1.82) is 0 Å². The third-order valence-electron chi connectivity index (χ3n) is 1.84. The fraction of sp³-hybridized carbons (Fsp3) is 0.700. The van der Waals surface area contributed by atoms with Crippen LogP contribution >= 0.6 is 22.9 Å². The van der Waals surface area contributed by atoms with E-state index in [1.807, 2.05) is 6.92 Å². The van der Waals surface area contributed by atoms with Gasteiger partial charge in [0.15, 0.2) is 0 Å². The zero-order valence-electron chi connectivity index (χ0n) is 8.96. The van der Waals surface area contributed by atoms with Gasteiger partial charge < -0.3 is 10.1 Å². The first-order valence-electron chi connectivity index (χ1n) is 5.08. The SMILES string of the molecule is Cc1nc(CNCCCOCCCl)cs1. The molecule has 0 aliphatic carbocycles. The van der Waals surface area contributed by atoms with Gasteiger partial charge in [-0.3, -0.25) is 0 Å². The number of hydrogen-bond acceptors (Lipinski definition) is 4. The first-order valence-corrected chi connectivity index (χ1v) is 6.50. The molecule has 1 heterocycles. The molecule has 5 heteroatoms. The Labute approximate surface area is 99.8 Å². The van der Waals surface area contributed by atoms with Gasteiger partial charge >= 0.3 is 0 Å². The zero-order chi connectivity index (χ0) is 10.9. The highest BCUT2D eigenvalue weighted by Crippen LogP contribution is 2.06. The van der Waals surface area contributed by atoms with Crippen molar-refractivity contribution in [3.8, 4) is 0 Å². The van der Waals surface area contributed by atoms with E-state index in [9.17, 15) is 0 Å². The largest absolute Gasteiger partial charge is 0.380 e. The second-order valence-electron chi connectivity index (χ2n) is 3.19. The monoisotopic (exact) mass is 248 g/mol. The van der Waals surface area contributed by atoms with Crippen LogP contribution < -0.4 is 5.32 Å². The summed E-state index contributed by atoms with van der Waals surface area (Å²) < 4.78 is 5.25. The van der Waals surface area contributed by atoms with Gasteiger partial charge in [-0.05, 0) is 19.9 Å². The fourth-order valence-electron chi connectivity index (χ4n) is 1.16. The quantitative estimate of drug-likeness (QED) is 0.566. The van der Waals surface area contributed by atoms with E-state index in [0.29, 0.717) is 12.5 Å². The molecular weight excluding hydrogens is 232 g/mol. The van der Waals surface area contributed by atoms with Crippen LogP contribution in [0.1, 0.15) is 17.1 Å². The molecule has 0 spiro atoms. The Hall–Kier alpha value is -0.160. The fourth-order valence-corrected chi connectivity index (χ4v) is 1.88. The summed E-state index contributed by atoms with van der Waals surface area (Å²) in [6, 6.07) is 0. The molecule has 1 N–H and O–H groups in total. The summed E-state index contributed by atoms with van der Waals surface area (Å²) in [5, 5.41) is 6.54. The topological polar surface area (TPSA) is 34.2 Å². The molecule has 86 valence electrons. The van der Waals surface area contributed by atoms with Gasteiger partial charge in [0.2, 0.25) is 0 Å². The first-order chi connectivity index (χ1) is 7.33. The van der Waals surface area contributed by atoms with Gasteiger partial charge in [-0.25, -0.2) is 4.98 Å². The summed E-state index contributed by atoms with van der Waals surface area (Å²) in [5.41, 5.74) is 1.12. The Morgan fingerprint density at radius 3 is 3.07 bits per heavy atom. The molecule has 0 aliphatic heterocycles. The Morgan fingerprint density at radius 2 is 2.40 bits per heavy atom. The lowest BCUT2D eigenvalue weighted by Gasteiger charge is -2.03. The lowest BCUT2D eigenvalue weighted by molar-refractivity contribution is 0.146. The maximum Gasteiger partial charge on any atom is 0.0897 e. The van der Waals surface area contributed by atoms with Crippen molar-refractivity contribution in [2.45, 2.75) is 19.9 Å². The molecule has 0 amide bonds. The summed E-state index contributed by atoms with van der Waals surface area (Å²) in [4.78, 5) is 4.37. The third-order valence-corrected chi connectivity index (χ3v) is 2.81. The van der Waals surface area contributed by atoms with E-state index >= 15 is 0 Å². The molecule has 0 fully saturated rings. The standard InChI is InChI=1S/C10H17ClN2OS/c1-9-13-10(8-15-9)7-12-4-2-5-14-6-3-11/h8,12H,2-7H2,1H3. The Bertz CT molecular complexity index is 268. The van der Waals surface area contributed by atoms with Crippen LogP contribution in [0.5, 0.6) is 0 Å². The third kappa shape index (κ3) is 6.10. The highest BCUT2D eigenvalue weighted by atomic mass is 35.5. The minimum Gasteiger partial charge on any atom is -0.380 e. The van der Waals surface area contributed by atoms with E-state index in [0.717, 1.165) is 36.8 Å². The van der Waals surface area contributed by atoms with Crippen molar-refractivity contribution in [2.75, 3.05) is 25.6 Å². The van der Waals surface area contributed by atoms with Crippen LogP contribution in [0.4, 0.5) is 0 Å². The van der Waals surface area contributed by atoms with E-state index in [1.54, 1.807) is 11.3 Å². The van der Waals surface area contributed by atoms with Crippen LogP contribution in [-0.2, 0) is 11.3 Å². The summed E-state index contributed by atoms with van der Waals surface area (Å²) in [7, 11) is 0. The second-order valence-corrected chi connectivity index (χ2v) is 4.63. The number of hydrogen-bond donors (Lipinski definition) is 1. The van der Waals surface area contributed by atoms with Gasteiger partial charge in [0, 0.05) is 24.4 Å². The molecule has 0 radical (unpaired) electrons. The highest BCUT2D eigenvalue weighted by Gasteiger charge is 1.96. The van der Waals surface area contributed by atoms with Crippen LogP contribution in [-0.4, -0.2) is 30.6 Å². The van der Waals surface area contributed by atoms with E-state index in [1.165, 1.54) is 0 Å². The van der Waals surface area contributed by atoms with E-state index in [-0.39, 0.29) is 0 Å². The van der Waals surface area contributed by atoms with Crippen LogP contribution in [0, 0.1) is 6.92 Å². The average molecular weight is 249 g/mol. The smallest absolute Gasteiger partial charge is 0.0897 e. The summed E-state index contributed by atoms with van der Waals surface area (Å²) >= 11 is 7.17. The molecule has 0 bridgehead atoms. The molecule has 1 aromatic heterocycles. The van der Waals surface area contributed by atoms with E-state index in [2.05, 4.69) is 15.7 Å². The normalized spacial score (nSPS) is 10.8. The van der Waals surface area contributed by atoms with Crippen LogP contribution in [0.15, 0.2) is 5.38 Å². The van der Waals surface area contributed by atoms with Gasteiger partial charge in [-0.2, -0.15) is 0 Å². The Morgan fingerprint density at radius 1 is 1.53 bits per heavy atom. The molecule has 0 atom stereocenters. The van der Waals surface area contributed by atoms with Crippen molar-refractivity contribution in [1.82, 2.24) is 10.3 Å². The van der Waals surface area contributed by atoms with Gasteiger partial charge in [0.05, 0.1) is 17.3 Å². The lowest BCUT2D eigenvalue weighted by Crippen LogP contribution is -2.16. The molecule has 0 aromatic carbocycles. The number of ether oxygens (including phenoxy) is 1. The Kier molecular flexibility index (Phi) is 6.92. The number of nitrogens with one attached hydrogen (secondary N) is 1. The predicted octanol–water partition coefficient (Wildman–Crippen LogP) is 2.19. The number of halogens is 1. The molecule has 0 saturated carbocycles. The number of aromatic nitrogens is 1. The maximum atomic E-state index is 5.48. The number of nitrogens with zero attached hydrogens (tertiary/aromatic N) is 1. The van der Waals surface area contributed by atoms with Gasteiger partial charge in [-0.1, -0.05) is 0 Å². The molecule has 0 saturated heterocycles. The van der Waals surface area contributed by atoms with E-state index in [4.69, 9.17) is 16.3 Å². The minimum atomic E-state index is 0.575. The lowest BCUT2D eigenvalue weighted by atomic mass is 10.4. The maximum absolute atomic E-state index is 5.48. The van der Waals surface area contributed by atoms with Crippen LogP contribution in [0.25, 0.3) is 0 Å². The zero-order valence-corrected chi connectivity index (χ0v) is 10.5. The van der Waals surface area contributed by atoms with Crippen molar-refractivity contribution < 1.29 is 4.74 Å².